The van der Waals surface area contributed by atoms with Crippen LogP contribution in [0.4, 0.5) is 8.78 Å². The van der Waals surface area contributed by atoms with Crippen LogP contribution in [0.25, 0.3) is 0 Å². The molecule has 1 unspecified atom stereocenters. The van der Waals surface area contributed by atoms with Crippen LogP contribution in [0.3, 0.4) is 0 Å². The zero-order valence-electron chi connectivity index (χ0n) is 21.8. The second kappa shape index (κ2) is 15.2. The van der Waals surface area contributed by atoms with Crippen LogP contribution in [0.15, 0.2) is 48.5 Å². The number of carbonyl (C=O) groups is 2. The molecule has 0 aliphatic carbocycles. The van der Waals surface area contributed by atoms with Crippen molar-refractivity contribution in [3.8, 4) is 6.07 Å². The summed E-state index contributed by atoms with van der Waals surface area (Å²) < 4.78 is 27.3. The van der Waals surface area contributed by atoms with Crippen LogP contribution < -0.4 is 5.73 Å². The molecule has 37 heavy (non-hydrogen) atoms. The molecule has 2 aromatic carbocycles. The molecule has 200 valence electrons. The largest absolute Gasteiger partial charge is 0.328 e. The standard InChI is InChI=1S/C28H37F2N5O2/c1-4-15-35(16-14-31)28(37)26(32)20-34(17-18-36)19-25(5-2)33(3)27(21-6-10-23(29)11-7-21)22-8-12-24(30)13-9-22/h6-13,18,25-27H,4-5,15-17,19-20,32H2,1-3H3/t25?,26-/m0/s1. The van der Waals surface area contributed by atoms with Crippen molar-refractivity contribution in [1.82, 2.24) is 14.7 Å². The van der Waals surface area contributed by atoms with E-state index in [0.717, 1.165) is 17.4 Å². The Bertz CT molecular complexity index is 981. The van der Waals surface area contributed by atoms with Gasteiger partial charge in [0.25, 0.3) is 0 Å². The zero-order valence-corrected chi connectivity index (χ0v) is 21.8. The number of nitriles is 1. The SMILES string of the molecule is CCCN(CC#N)C(=O)[C@@H](N)CN(CC=O)CC(CC)N(C)C(c1ccc(F)cc1)c1ccc(F)cc1. The summed E-state index contributed by atoms with van der Waals surface area (Å²) in [7, 11) is 1.94. The van der Waals surface area contributed by atoms with Crippen molar-refractivity contribution in [3.63, 3.8) is 0 Å². The van der Waals surface area contributed by atoms with E-state index in [-0.39, 0.29) is 49.3 Å². The molecule has 0 saturated carbocycles. The van der Waals surface area contributed by atoms with E-state index in [9.17, 15) is 18.4 Å². The van der Waals surface area contributed by atoms with E-state index in [4.69, 9.17) is 11.0 Å². The minimum Gasteiger partial charge on any atom is -0.328 e. The third kappa shape index (κ3) is 8.71. The van der Waals surface area contributed by atoms with Crippen molar-refractivity contribution >= 4 is 12.2 Å². The van der Waals surface area contributed by atoms with Gasteiger partial charge in [0, 0.05) is 25.7 Å². The summed E-state index contributed by atoms with van der Waals surface area (Å²) >= 11 is 0. The lowest BCUT2D eigenvalue weighted by molar-refractivity contribution is -0.132. The molecular weight excluding hydrogens is 476 g/mol. The third-order valence-electron chi connectivity index (χ3n) is 6.47. The van der Waals surface area contributed by atoms with Gasteiger partial charge in [-0.1, -0.05) is 38.1 Å². The van der Waals surface area contributed by atoms with E-state index >= 15 is 0 Å². The highest BCUT2D eigenvalue weighted by Crippen LogP contribution is 2.30. The quantitative estimate of drug-likeness (QED) is 0.290. The Morgan fingerprint density at radius 2 is 1.57 bits per heavy atom. The number of carbonyl (C=O) groups excluding carboxylic acids is 2. The average molecular weight is 514 g/mol. The van der Waals surface area contributed by atoms with Crippen molar-refractivity contribution < 1.29 is 18.4 Å². The van der Waals surface area contributed by atoms with Crippen LogP contribution in [0.5, 0.6) is 0 Å². The van der Waals surface area contributed by atoms with Crippen molar-refractivity contribution in [3.05, 3.63) is 71.3 Å². The fourth-order valence-corrected chi connectivity index (χ4v) is 4.55. The van der Waals surface area contributed by atoms with Gasteiger partial charge in [-0.2, -0.15) is 5.26 Å². The molecule has 0 bridgehead atoms. The van der Waals surface area contributed by atoms with Crippen LogP contribution >= 0.6 is 0 Å². The van der Waals surface area contributed by atoms with Crippen LogP contribution in [-0.4, -0.2) is 78.7 Å². The molecule has 0 saturated heterocycles. The van der Waals surface area contributed by atoms with E-state index in [2.05, 4.69) is 4.90 Å². The van der Waals surface area contributed by atoms with Gasteiger partial charge in [-0.3, -0.25) is 14.6 Å². The van der Waals surface area contributed by atoms with Gasteiger partial charge >= 0.3 is 0 Å². The Balaban J connectivity index is 2.28. The van der Waals surface area contributed by atoms with Gasteiger partial charge in [0.15, 0.2) is 0 Å². The van der Waals surface area contributed by atoms with Crippen LogP contribution in [0.2, 0.25) is 0 Å². The number of nitrogens with two attached hydrogens (primary N) is 1. The highest BCUT2D eigenvalue weighted by Gasteiger charge is 2.29. The number of amides is 1. The van der Waals surface area contributed by atoms with E-state index in [1.807, 2.05) is 31.9 Å². The van der Waals surface area contributed by atoms with Crippen LogP contribution in [-0.2, 0) is 9.59 Å². The summed E-state index contributed by atoms with van der Waals surface area (Å²) in [5.41, 5.74) is 7.91. The molecule has 1 amide bonds. The number of nitrogens with zero attached hydrogens (tertiary/aromatic N) is 4. The first kappa shape index (κ1) is 30.0. The smallest absolute Gasteiger partial charge is 0.241 e. The maximum Gasteiger partial charge on any atom is 0.241 e. The first-order valence-corrected chi connectivity index (χ1v) is 12.6. The molecule has 9 heteroatoms. The van der Waals surface area contributed by atoms with Gasteiger partial charge in [0.05, 0.1) is 24.7 Å². The Labute approximate surface area is 218 Å². The van der Waals surface area contributed by atoms with Gasteiger partial charge in [-0.25, -0.2) is 8.78 Å². The first-order valence-electron chi connectivity index (χ1n) is 12.6. The van der Waals surface area contributed by atoms with Crippen molar-refractivity contribution in [2.24, 2.45) is 5.73 Å². The lowest BCUT2D eigenvalue weighted by atomic mass is 9.95. The fraction of sp³-hybridized carbons (Fsp3) is 0.464. The summed E-state index contributed by atoms with van der Waals surface area (Å²) in [5, 5.41) is 9.05. The molecule has 0 aliphatic heterocycles. The Morgan fingerprint density at radius 1 is 1.03 bits per heavy atom. The maximum atomic E-state index is 13.7. The lowest BCUT2D eigenvalue weighted by Crippen LogP contribution is -2.52. The Hall–Kier alpha value is -3.19. The molecule has 0 radical (unpaired) electrons. The Kier molecular flexibility index (Phi) is 12.3. The molecule has 2 N–H and O–H groups in total. The fourth-order valence-electron chi connectivity index (χ4n) is 4.55. The van der Waals surface area contributed by atoms with Gasteiger partial charge in [0.1, 0.15) is 24.5 Å². The topological polar surface area (TPSA) is 93.7 Å². The minimum atomic E-state index is -0.882. The molecule has 0 heterocycles. The van der Waals surface area contributed by atoms with Crippen molar-refractivity contribution in [2.75, 3.05) is 39.8 Å². The molecule has 2 aromatic rings. The monoisotopic (exact) mass is 513 g/mol. The molecule has 2 rings (SSSR count). The number of hydrogen-bond donors (Lipinski definition) is 1. The lowest BCUT2D eigenvalue weighted by Gasteiger charge is -2.38. The van der Waals surface area contributed by atoms with Gasteiger partial charge in [-0.15, -0.1) is 0 Å². The van der Waals surface area contributed by atoms with E-state index in [0.29, 0.717) is 25.9 Å². The molecule has 0 aliphatic rings. The second-order valence-electron chi connectivity index (χ2n) is 9.14. The molecular formula is C28H37F2N5O2. The number of rotatable bonds is 15. The minimum absolute atomic E-state index is 0.0363. The van der Waals surface area contributed by atoms with E-state index in [1.165, 1.54) is 29.2 Å². The molecule has 7 nitrogen and oxygen atoms in total. The summed E-state index contributed by atoms with van der Waals surface area (Å²) in [6, 6.07) is 13.2. The molecule has 0 spiro atoms. The highest BCUT2D eigenvalue weighted by atomic mass is 19.1. The van der Waals surface area contributed by atoms with E-state index in [1.54, 1.807) is 24.3 Å². The summed E-state index contributed by atoms with van der Waals surface area (Å²) in [6.45, 7) is 5.03. The summed E-state index contributed by atoms with van der Waals surface area (Å²) in [6.07, 6.45) is 2.19. The molecule has 2 atom stereocenters. The number of aldehydes is 1. The molecule has 0 aromatic heterocycles. The predicted octanol–water partition coefficient (Wildman–Crippen LogP) is 3.35. The number of benzene rings is 2. The van der Waals surface area contributed by atoms with Crippen molar-refractivity contribution in [1.29, 1.82) is 5.26 Å². The first-order chi connectivity index (χ1) is 17.7. The average Bonchev–Trinajstić information content (AvgIpc) is 2.89. The number of likely N-dealkylation sites (N-methyl/N-ethyl adjacent to an activating group) is 1. The maximum absolute atomic E-state index is 13.7. The summed E-state index contributed by atoms with van der Waals surface area (Å²) in [5.74, 6) is -1.02. The normalized spacial score (nSPS) is 13.0. The van der Waals surface area contributed by atoms with Crippen molar-refractivity contribution in [2.45, 2.75) is 44.8 Å². The van der Waals surface area contributed by atoms with Gasteiger partial charge < -0.3 is 15.4 Å². The van der Waals surface area contributed by atoms with Crippen LogP contribution in [0.1, 0.15) is 43.9 Å². The van der Waals surface area contributed by atoms with E-state index < -0.39 is 6.04 Å². The Morgan fingerprint density at radius 3 is 2.00 bits per heavy atom. The second-order valence-corrected chi connectivity index (χ2v) is 9.14. The van der Waals surface area contributed by atoms with Crippen LogP contribution in [0, 0.1) is 23.0 Å². The third-order valence-corrected chi connectivity index (χ3v) is 6.47. The zero-order chi connectivity index (χ0) is 27.4. The van der Waals surface area contributed by atoms with Gasteiger partial charge in [-0.05, 0) is 55.3 Å². The molecule has 0 fully saturated rings. The predicted molar refractivity (Wildman–Crippen MR) is 139 cm³/mol. The highest BCUT2D eigenvalue weighted by molar-refractivity contribution is 5.82. The number of halogens is 2. The van der Waals surface area contributed by atoms with Gasteiger partial charge in [0.2, 0.25) is 5.91 Å². The number of hydrogen-bond acceptors (Lipinski definition) is 6. The summed E-state index contributed by atoms with van der Waals surface area (Å²) in [4.78, 5) is 29.7.